The van der Waals surface area contributed by atoms with Gasteiger partial charge in [-0.15, -0.1) is 0 Å². The first kappa shape index (κ1) is 29.5. The summed E-state index contributed by atoms with van der Waals surface area (Å²) in [6, 6.07) is 19.0. The smallest absolute Gasteiger partial charge is 0.264 e. The average Bonchev–Trinajstić information content (AvgIpc) is 2.91. The van der Waals surface area contributed by atoms with Gasteiger partial charge in [-0.05, 0) is 56.2 Å². The Kier molecular flexibility index (Phi) is 10.2. The fourth-order valence-electron chi connectivity index (χ4n) is 4.04. The lowest BCUT2D eigenvalue weighted by Gasteiger charge is -2.32. The van der Waals surface area contributed by atoms with Crippen molar-refractivity contribution in [2.75, 3.05) is 17.4 Å². The van der Waals surface area contributed by atoms with Crippen LogP contribution in [0.3, 0.4) is 0 Å². The number of rotatable bonds is 11. The van der Waals surface area contributed by atoms with Gasteiger partial charge in [-0.25, -0.2) is 8.42 Å². The van der Waals surface area contributed by atoms with Gasteiger partial charge in [-0.1, -0.05) is 72.6 Å². The molecule has 2 amide bonds. The molecule has 1 atom stereocenters. The molecule has 0 aliphatic rings. The molecular weight excluding hydrogens is 545 g/mol. The van der Waals surface area contributed by atoms with Crippen LogP contribution in [0, 0.1) is 0 Å². The molecule has 0 aliphatic carbocycles. The van der Waals surface area contributed by atoms with Crippen LogP contribution in [0.1, 0.15) is 31.9 Å². The first-order valence-electron chi connectivity index (χ1n) is 12.3. The van der Waals surface area contributed by atoms with Crippen molar-refractivity contribution in [3.05, 3.63) is 94.0 Å². The minimum atomic E-state index is -4.13. The number of halogens is 2. The summed E-state index contributed by atoms with van der Waals surface area (Å²) < 4.78 is 28.8. The number of carbonyl (C=O) groups excluding carboxylic acids is 2. The predicted molar refractivity (Wildman–Crippen MR) is 152 cm³/mol. The normalized spacial score (nSPS) is 12.0. The van der Waals surface area contributed by atoms with Crippen molar-refractivity contribution in [1.29, 1.82) is 0 Å². The van der Waals surface area contributed by atoms with Crippen LogP contribution in [0.25, 0.3) is 0 Å². The van der Waals surface area contributed by atoms with Crippen LogP contribution in [0.4, 0.5) is 5.69 Å². The molecule has 38 heavy (non-hydrogen) atoms. The van der Waals surface area contributed by atoms with Crippen LogP contribution in [0.15, 0.2) is 77.7 Å². The monoisotopic (exact) mass is 575 g/mol. The number of para-hydroxylation sites is 1. The fourth-order valence-corrected chi connectivity index (χ4v) is 6.03. The second kappa shape index (κ2) is 13.1. The van der Waals surface area contributed by atoms with Gasteiger partial charge in [0.05, 0.1) is 10.6 Å². The Morgan fingerprint density at radius 1 is 0.895 bits per heavy atom. The Labute approximate surface area is 234 Å². The van der Waals surface area contributed by atoms with Gasteiger partial charge in [0.25, 0.3) is 10.0 Å². The van der Waals surface area contributed by atoms with Crippen LogP contribution in [0.5, 0.6) is 0 Å². The van der Waals surface area contributed by atoms with Crippen molar-refractivity contribution >= 4 is 50.7 Å². The number of likely N-dealkylation sites (N-methyl/N-ethyl adjacent to an activating group) is 1. The SMILES string of the molecule is CCNC(=O)[C@@H](C)N(Cc1c(Cl)cccc1Cl)C(=O)CN(c1ccccc1CC)S(=O)(=O)c1ccccc1. The van der Waals surface area contributed by atoms with E-state index < -0.39 is 28.5 Å². The molecule has 3 aromatic carbocycles. The Morgan fingerprint density at radius 3 is 2.11 bits per heavy atom. The van der Waals surface area contributed by atoms with Crippen molar-refractivity contribution < 1.29 is 18.0 Å². The molecule has 0 spiro atoms. The molecule has 202 valence electrons. The molecule has 3 rings (SSSR count). The average molecular weight is 577 g/mol. The summed E-state index contributed by atoms with van der Waals surface area (Å²) in [5.74, 6) is -0.958. The van der Waals surface area contributed by atoms with Crippen LogP contribution in [0.2, 0.25) is 10.0 Å². The molecule has 1 N–H and O–H groups in total. The number of amides is 2. The van der Waals surface area contributed by atoms with Gasteiger partial charge < -0.3 is 10.2 Å². The summed E-state index contributed by atoms with van der Waals surface area (Å²) in [5, 5.41) is 3.40. The second-order valence-corrected chi connectivity index (χ2v) is 11.3. The summed E-state index contributed by atoms with van der Waals surface area (Å²) in [7, 11) is -4.13. The summed E-state index contributed by atoms with van der Waals surface area (Å²) >= 11 is 12.8. The molecule has 7 nitrogen and oxygen atoms in total. The maximum Gasteiger partial charge on any atom is 0.264 e. The number of hydrogen-bond acceptors (Lipinski definition) is 4. The lowest BCUT2D eigenvalue weighted by Crippen LogP contribution is -2.51. The van der Waals surface area contributed by atoms with Gasteiger partial charge in [0.1, 0.15) is 12.6 Å². The van der Waals surface area contributed by atoms with Gasteiger partial charge in [0.15, 0.2) is 0 Å². The number of nitrogens with zero attached hydrogens (tertiary/aromatic N) is 2. The largest absolute Gasteiger partial charge is 0.355 e. The van der Waals surface area contributed by atoms with E-state index in [0.717, 1.165) is 9.87 Å². The third-order valence-electron chi connectivity index (χ3n) is 6.16. The van der Waals surface area contributed by atoms with Crippen molar-refractivity contribution in [2.45, 2.75) is 44.7 Å². The quantitative estimate of drug-likeness (QED) is 0.336. The van der Waals surface area contributed by atoms with Crippen LogP contribution >= 0.6 is 23.2 Å². The summed E-state index contributed by atoms with van der Waals surface area (Å²) in [6.07, 6.45) is 0.555. The molecule has 0 bridgehead atoms. The topological polar surface area (TPSA) is 86.8 Å². The molecule has 0 fully saturated rings. The predicted octanol–water partition coefficient (Wildman–Crippen LogP) is 5.30. The van der Waals surface area contributed by atoms with Gasteiger partial charge in [-0.2, -0.15) is 0 Å². The van der Waals surface area contributed by atoms with E-state index in [9.17, 15) is 18.0 Å². The van der Waals surface area contributed by atoms with Crippen LogP contribution < -0.4 is 9.62 Å². The number of aryl methyl sites for hydroxylation is 1. The van der Waals surface area contributed by atoms with E-state index in [1.807, 2.05) is 19.1 Å². The zero-order valence-electron chi connectivity index (χ0n) is 21.5. The Morgan fingerprint density at radius 2 is 1.50 bits per heavy atom. The molecule has 0 heterocycles. The van der Waals surface area contributed by atoms with E-state index in [2.05, 4.69) is 5.32 Å². The van der Waals surface area contributed by atoms with E-state index in [4.69, 9.17) is 23.2 Å². The highest BCUT2D eigenvalue weighted by Gasteiger charge is 2.33. The minimum absolute atomic E-state index is 0.0520. The standard InChI is InChI=1S/C28H31Cl2N3O4S/c1-4-21-12-9-10-17-26(21)33(38(36,37)22-13-7-6-8-14-22)19-27(34)32(20(3)28(35)31-5-2)18-23-24(29)15-11-16-25(23)30/h6-17,20H,4-5,18-19H2,1-3H3,(H,31,35)/t20-/m1/s1. The Balaban J connectivity index is 2.09. The number of carbonyl (C=O) groups is 2. The molecule has 0 aromatic heterocycles. The highest BCUT2D eigenvalue weighted by Crippen LogP contribution is 2.30. The van der Waals surface area contributed by atoms with E-state index in [1.54, 1.807) is 62.4 Å². The highest BCUT2D eigenvalue weighted by molar-refractivity contribution is 7.92. The van der Waals surface area contributed by atoms with Crippen LogP contribution in [-0.4, -0.2) is 44.3 Å². The van der Waals surface area contributed by atoms with E-state index >= 15 is 0 Å². The maximum absolute atomic E-state index is 13.9. The van der Waals surface area contributed by atoms with Crippen molar-refractivity contribution in [3.8, 4) is 0 Å². The lowest BCUT2D eigenvalue weighted by molar-refractivity contribution is -0.139. The highest BCUT2D eigenvalue weighted by atomic mass is 35.5. The van der Waals surface area contributed by atoms with E-state index in [-0.39, 0.29) is 17.3 Å². The second-order valence-electron chi connectivity index (χ2n) is 8.60. The number of anilines is 1. The molecular formula is C28H31Cl2N3O4S. The van der Waals surface area contributed by atoms with E-state index in [0.29, 0.717) is 34.3 Å². The molecule has 0 aliphatic heterocycles. The molecule has 0 saturated heterocycles. The van der Waals surface area contributed by atoms with E-state index in [1.165, 1.54) is 17.0 Å². The maximum atomic E-state index is 13.9. The third kappa shape index (κ3) is 6.67. The van der Waals surface area contributed by atoms with Crippen molar-refractivity contribution in [1.82, 2.24) is 10.2 Å². The number of benzene rings is 3. The van der Waals surface area contributed by atoms with Crippen molar-refractivity contribution in [3.63, 3.8) is 0 Å². The zero-order valence-corrected chi connectivity index (χ0v) is 23.9. The fraction of sp³-hybridized carbons (Fsp3) is 0.286. The summed E-state index contributed by atoms with van der Waals surface area (Å²) in [4.78, 5) is 28.1. The van der Waals surface area contributed by atoms with Gasteiger partial charge in [0.2, 0.25) is 11.8 Å². The minimum Gasteiger partial charge on any atom is -0.355 e. The molecule has 10 heteroatoms. The lowest BCUT2D eigenvalue weighted by atomic mass is 10.1. The van der Waals surface area contributed by atoms with Crippen LogP contribution in [-0.2, 0) is 32.6 Å². The summed E-state index contributed by atoms with van der Waals surface area (Å²) in [5.41, 5.74) is 1.62. The molecule has 0 saturated carbocycles. The molecule has 3 aromatic rings. The van der Waals surface area contributed by atoms with Gasteiger partial charge in [0, 0.05) is 28.7 Å². The molecule has 0 unspecified atom stereocenters. The first-order chi connectivity index (χ1) is 18.1. The van der Waals surface area contributed by atoms with Crippen molar-refractivity contribution in [2.24, 2.45) is 0 Å². The number of nitrogens with one attached hydrogen (secondary N) is 1. The Hall–Kier alpha value is -3.07. The summed E-state index contributed by atoms with van der Waals surface area (Å²) in [6.45, 7) is 5.04. The third-order valence-corrected chi connectivity index (χ3v) is 8.64. The Bertz CT molecular complexity index is 1360. The number of hydrogen-bond donors (Lipinski definition) is 1. The first-order valence-corrected chi connectivity index (χ1v) is 14.5. The number of sulfonamides is 1. The van der Waals surface area contributed by atoms with Gasteiger partial charge in [-0.3, -0.25) is 13.9 Å². The zero-order chi connectivity index (χ0) is 27.9. The molecule has 0 radical (unpaired) electrons. The van der Waals surface area contributed by atoms with Gasteiger partial charge >= 0.3 is 0 Å².